The molecule has 0 aliphatic rings. The average molecular weight is 757 g/mol. The number of imidazole rings is 3. The molecule has 0 bridgehead atoms. The Hall–Kier alpha value is -7.14. The van der Waals surface area contributed by atoms with Crippen molar-refractivity contribution in [1.82, 2.24) is 23.7 Å². The first-order chi connectivity index (χ1) is 26.6. The first-order valence-corrected chi connectivity index (χ1v) is 17.4. The zero-order chi connectivity index (χ0) is 38.5. The van der Waals surface area contributed by atoms with Crippen molar-refractivity contribution in [2.75, 3.05) is 16.0 Å². The Morgan fingerprint density at radius 1 is 0.473 bits per heavy atom. The SMILES string of the molecule is Cn1cc[n+](C)c1N=Nc1ccc(Nc2nc(Nc3ccc(N=Nc4n(C)cc[n+]4C)cc3)c(Cl)c(Nc3ccc(N=Nc4n(C)cc[n+]4C)cc3)n2)cc1. The van der Waals surface area contributed by atoms with Crippen molar-refractivity contribution in [2.45, 2.75) is 0 Å². The molecule has 3 aromatic carbocycles. The zero-order valence-electron chi connectivity index (χ0n) is 31.0. The Bertz CT molecular complexity index is 2350. The third kappa shape index (κ3) is 8.58. The van der Waals surface area contributed by atoms with Crippen LogP contribution in [0.3, 0.4) is 0 Å². The molecular weight excluding hydrogens is 718 g/mol. The van der Waals surface area contributed by atoms with Crippen molar-refractivity contribution in [1.29, 1.82) is 0 Å². The molecular formula is C37H39ClN17+3. The molecule has 0 radical (unpaired) electrons. The summed E-state index contributed by atoms with van der Waals surface area (Å²) in [6, 6.07) is 22.4. The fourth-order valence-corrected chi connectivity index (χ4v) is 5.56. The first-order valence-electron chi connectivity index (χ1n) is 17.1. The van der Waals surface area contributed by atoms with E-state index in [4.69, 9.17) is 21.6 Å². The number of azo groups is 3. The Kier molecular flexibility index (Phi) is 10.4. The summed E-state index contributed by atoms with van der Waals surface area (Å²) in [6.45, 7) is 0. The van der Waals surface area contributed by atoms with Crippen LogP contribution in [0.15, 0.2) is 141 Å². The van der Waals surface area contributed by atoms with Crippen LogP contribution in [0.1, 0.15) is 0 Å². The normalized spacial score (nSPS) is 11.7. The molecule has 7 rings (SSSR count). The summed E-state index contributed by atoms with van der Waals surface area (Å²) in [5.41, 5.74) is 4.28. The van der Waals surface area contributed by atoms with Crippen LogP contribution in [0.5, 0.6) is 0 Å². The lowest BCUT2D eigenvalue weighted by molar-refractivity contribution is -0.657. The van der Waals surface area contributed by atoms with Crippen LogP contribution in [0, 0.1) is 0 Å². The minimum absolute atomic E-state index is 0.287. The van der Waals surface area contributed by atoms with Gasteiger partial charge in [-0.3, -0.25) is 0 Å². The molecule has 0 aliphatic heterocycles. The van der Waals surface area contributed by atoms with Gasteiger partial charge >= 0.3 is 17.8 Å². The highest BCUT2D eigenvalue weighted by atomic mass is 35.5. The Balaban J connectivity index is 1.12. The van der Waals surface area contributed by atoms with E-state index in [9.17, 15) is 0 Å². The Labute approximate surface area is 321 Å². The van der Waals surface area contributed by atoms with Crippen molar-refractivity contribution >= 4 is 81.2 Å². The lowest BCUT2D eigenvalue weighted by atomic mass is 10.2. The van der Waals surface area contributed by atoms with Gasteiger partial charge in [0.25, 0.3) is 0 Å². The highest BCUT2D eigenvalue weighted by Gasteiger charge is 2.16. The summed E-state index contributed by atoms with van der Waals surface area (Å²) in [4.78, 5) is 9.47. The number of hydrogen-bond donors (Lipinski definition) is 3. The van der Waals surface area contributed by atoms with Crippen LogP contribution >= 0.6 is 11.6 Å². The fourth-order valence-electron chi connectivity index (χ4n) is 5.38. The number of nitrogens with one attached hydrogen (secondary N) is 3. The Morgan fingerprint density at radius 3 is 1.07 bits per heavy atom. The molecule has 0 saturated carbocycles. The second-order valence-electron chi connectivity index (χ2n) is 12.6. The number of nitrogens with zero attached hydrogens (tertiary/aromatic N) is 14. The van der Waals surface area contributed by atoms with Crippen molar-refractivity contribution in [3.05, 3.63) is 115 Å². The minimum atomic E-state index is 0.287. The van der Waals surface area contributed by atoms with Gasteiger partial charge in [-0.2, -0.15) is 9.97 Å². The number of rotatable bonds is 12. The van der Waals surface area contributed by atoms with E-state index >= 15 is 0 Å². The van der Waals surface area contributed by atoms with Gasteiger partial charge in [0.05, 0.1) is 79.5 Å². The second kappa shape index (κ2) is 15.8. The van der Waals surface area contributed by atoms with E-state index in [1.165, 1.54) is 0 Å². The molecule has 0 amide bonds. The third-order valence-electron chi connectivity index (χ3n) is 8.43. The number of aromatic nitrogens is 8. The highest BCUT2D eigenvalue weighted by Crippen LogP contribution is 2.34. The van der Waals surface area contributed by atoms with E-state index in [1.807, 2.05) is 180 Å². The van der Waals surface area contributed by atoms with Gasteiger partial charge in [0, 0.05) is 32.4 Å². The summed E-state index contributed by atoms with van der Waals surface area (Å²) >= 11 is 6.96. The maximum Gasteiger partial charge on any atom is 0.421 e. The van der Waals surface area contributed by atoms with Gasteiger partial charge < -0.3 is 16.0 Å². The third-order valence-corrected chi connectivity index (χ3v) is 8.79. The molecule has 0 aliphatic carbocycles. The van der Waals surface area contributed by atoms with Crippen molar-refractivity contribution in [3.63, 3.8) is 0 Å². The second-order valence-corrected chi connectivity index (χ2v) is 13.0. The molecule has 0 saturated heterocycles. The quantitative estimate of drug-likeness (QED) is 0.0847. The molecule has 276 valence electrons. The number of aryl methyl sites for hydroxylation is 6. The van der Waals surface area contributed by atoms with Gasteiger partial charge in [0.1, 0.15) is 22.1 Å². The number of halogens is 1. The van der Waals surface area contributed by atoms with Crippen LogP contribution in [0.2, 0.25) is 5.02 Å². The van der Waals surface area contributed by atoms with E-state index in [-0.39, 0.29) is 5.02 Å². The molecule has 0 spiro atoms. The summed E-state index contributed by atoms with van der Waals surface area (Å²) in [5.74, 6) is 3.23. The van der Waals surface area contributed by atoms with Gasteiger partial charge in [0.2, 0.25) is 5.95 Å². The topological polar surface area (TPSA) is 162 Å². The maximum atomic E-state index is 6.96. The van der Waals surface area contributed by atoms with Crippen LogP contribution in [0.4, 0.5) is 69.6 Å². The molecule has 55 heavy (non-hydrogen) atoms. The van der Waals surface area contributed by atoms with Crippen LogP contribution in [-0.2, 0) is 42.3 Å². The van der Waals surface area contributed by atoms with Crippen LogP contribution < -0.4 is 29.7 Å². The van der Waals surface area contributed by atoms with Crippen molar-refractivity contribution in [2.24, 2.45) is 73.0 Å². The summed E-state index contributed by atoms with van der Waals surface area (Å²) < 4.78 is 11.4. The standard InChI is InChI=1S/C37H36ClN17/c1-50-19-20-51(2)35(50)47-44-28-13-7-25(8-14-28)39-32-31(38)33(40-26-9-15-29(16-10-26)45-48-36-52(3)21-22-53(36)4)43-34(42-32)41-27-11-17-30(18-12-27)46-49-37-54(5)23-24-55(37)6/h7-24H,1-6H3/p+3. The molecule has 3 N–H and O–H groups in total. The Morgan fingerprint density at radius 2 is 0.782 bits per heavy atom. The van der Waals surface area contributed by atoms with Gasteiger partial charge in [0.15, 0.2) is 11.6 Å². The van der Waals surface area contributed by atoms with Crippen LogP contribution in [-0.4, -0.2) is 23.7 Å². The monoisotopic (exact) mass is 756 g/mol. The summed E-state index contributed by atoms with van der Waals surface area (Å²) in [5, 5.41) is 36.5. The number of hydrogen-bond acceptors (Lipinski definition) is 11. The van der Waals surface area contributed by atoms with Crippen molar-refractivity contribution < 1.29 is 13.7 Å². The van der Waals surface area contributed by atoms with Gasteiger partial charge in [-0.25, -0.2) is 27.4 Å². The smallest absolute Gasteiger partial charge is 0.339 e. The molecule has 0 fully saturated rings. The lowest BCUT2D eigenvalue weighted by Crippen LogP contribution is -2.25. The average Bonchev–Trinajstić information content (AvgIpc) is 3.81. The lowest BCUT2D eigenvalue weighted by Gasteiger charge is -2.15. The molecule has 17 nitrogen and oxygen atoms in total. The van der Waals surface area contributed by atoms with Crippen LogP contribution in [0.25, 0.3) is 0 Å². The molecule has 0 atom stereocenters. The highest BCUT2D eigenvalue weighted by molar-refractivity contribution is 6.35. The predicted molar refractivity (Wildman–Crippen MR) is 209 cm³/mol. The first kappa shape index (κ1) is 36.2. The molecule has 4 heterocycles. The largest absolute Gasteiger partial charge is 0.421 e. The van der Waals surface area contributed by atoms with Crippen molar-refractivity contribution in [3.8, 4) is 0 Å². The molecule has 7 aromatic rings. The summed E-state index contributed by atoms with van der Waals surface area (Å²) in [6.07, 6.45) is 11.5. The molecule has 4 aromatic heterocycles. The summed E-state index contributed by atoms with van der Waals surface area (Å²) in [7, 11) is 11.5. The number of anilines is 6. The zero-order valence-corrected chi connectivity index (χ0v) is 31.8. The van der Waals surface area contributed by atoms with E-state index in [0.29, 0.717) is 34.6 Å². The minimum Gasteiger partial charge on any atom is -0.339 e. The van der Waals surface area contributed by atoms with E-state index < -0.39 is 0 Å². The van der Waals surface area contributed by atoms with E-state index in [0.717, 1.165) is 34.9 Å². The van der Waals surface area contributed by atoms with E-state index in [2.05, 4.69) is 46.6 Å². The van der Waals surface area contributed by atoms with Gasteiger partial charge in [-0.05, 0) is 72.8 Å². The fraction of sp³-hybridized carbons (Fsp3) is 0.162. The molecule has 0 unspecified atom stereocenters. The molecule has 18 heteroatoms. The van der Waals surface area contributed by atoms with E-state index in [1.54, 1.807) is 0 Å². The van der Waals surface area contributed by atoms with Gasteiger partial charge in [-0.15, -0.1) is 0 Å². The number of benzene rings is 3. The van der Waals surface area contributed by atoms with Gasteiger partial charge in [-0.1, -0.05) is 26.9 Å². The maximum absolute atomic E-state index is 6.96. The predicted octanol–water partition coefficient (Wildman–Crippen LogP) is 8.10.